The van der Waals surface area contributed by atoms with Crippen molar-refractivity contribution >= 4 is 0 Å². The predicted octanol–water partition coefficient (Wildman–Crippen LogP) is 2.74. The molecule has 0 heterocycles. The molecular formula is C8H11F5O. The quantitative estimate of drug-likeness (QED) is 0.706. The molecule has 0 radical (unpaired) electrons. The Morgan fingerprint density at radius 2 is 1.64 bits per heavy atom. The second-order valence-electron chi connectivity index (χ2n) is 4.39. The molecule has 1 N–H and O–H groups in total. The van der Waals surface area contributed by atoms with Gasteiger partial charge in [-0.05, 0) is 13.3 Å². The monoisotopic (exact) mass is 218 g/mol. The molecule has 1 rings (SSSR count). The van der Waals surface area contributed by atoms with Gasteiger partial charge in [-0.3, -0.25) is 0 Å². The molecule has 2 unspecified atom stereocenters. The zero-order chi connectivity index (χ0) is 11.4. The molecule has 1 saturated carbocycles. The van der Waals surface area contributed by atoms with E-state index in [-0.39, 0.29) is 0 Å². The van der Waals surface area contributed by atoms with E-state index in [0.717, 1.165) is 6.92 Å². The van der Waals surface area contributed by atoms with Crippen molar-refractivity contribution in [2.45, 2.75) is 44.4 Å². The lowest BCUT2D eigenvalue weighted by atomic mass is 9.90. The molecule has 0 aromatic carbocycles. The fraction of sp³-hybridized carbons (Fsp3) is 1.00. The fourth-order valence-electron chi connectivity index (χ4n) is 1.50. The summed E-state index contributed by atoms with van der Waals surface area (Å²) in [7, 11) is 0. The Morgan fingerprint density at radius 3 is 1.86 bits per heavy atom. The lowest BCUT2D eigenvalue weighted by molar-refractivity contribution is -0.261. The molecule has 0 aromatic heterocycles. The SMILES string of the molecule is CC(O)(CC1(C)CC1(F)F)C(F)(F)F. The van der Waals surface area contributed by atoms with Crippen molar-refractivity contribution in [3.8, 4) is 0 Å². The van der Waals surface area contributed by atoms with Gasteiger partial charge in [-0.25, -0.2) is 8.78 Å². The molecule has 0 aromatic rings. The van der Waals surface area contributed by atoms with Crippen molar-refractivity contribution in [3.63, 3.8) is 0 Å². The van der Waals surface area contributed by atoms with E-state index < -0.39 is 36.0 Å². The topological polar surface area (TPSA) is 20.2 Å². The highest BCUT2D eigenvalue weighted by atomic mass is 19.4. The highest BCUT2D eigenvalue weighted by Crippen LogP contribution is 2.64. The van der Waals surface area contributed by atoms with E-state index in [2.05, 4.69) is 0 Å². The van der Waals surface area contributed by atoms with Gasteiger partial charge in [0.05, 0.1) is 0 Å². The predicted molar refractivity (Wildman–Crippen MR) is 39.0 cm³/mol. The molecule has 14 heavy (non-hydrogen) atoms. The average molecular weight is 218 g/mol. The van der Waals surface area contributed by atoms with E-state index in [1.807, 2.05) is 0 Å². The summed E-state index contributed by atoms with van der Waals surface area (Å²) in [5.74, 6) is -3.08. The van der Waals surface area contributed by atoms with Crippen LogP contribution >= 0.6 is 0 Å². The van der Waals surface area contributed by atoms with E-state index in [1.165, 1.54) is 0 Å². The molecule has 0 amide bonds. The Balaban J connectivity index is 2.71. The molecule has 0 bridgehead atoms. The molecular weight excluding hydrogens is 207 g/mol. The van der Waals surface area contributed by atoms with Gasteiger partial charge in [0, 0.05) is 11.8 Å². The van der Waals surface area contributed by atoms with Crippen molar-refractivity contribution in [1.29, 1.82) is 0 Å². The molecule has 1 nitrogen and oxygen atoms in total. The summed E-state index contributed by atoms with van der Waals surface area (Å²) >= 11 is 0. The zero-order valence-corrected chi connectivity index (χ0v) is 7.75. The maximum atomic E-state index is 12.6. The smallest absolute Gasteiger partial charge is 0.381 e. The van der Waals surface area contributed by atoms with E-state index >= 15 is 0 Å². The van der Waals surface area contributed by atoms with Gasteiger partial charge in [0.25, 0.3) is 5.92 Å². The zero-order valence-electron chi connectivity index (χ0n) is 7.75. The van der Waals surface area contributed by atoms with E-state index in [4.69, 9.17) is 5.11 Å². The van der Waals surface area contributed by atoms with E-state index in [0.29, 0.717) is 6.92 Å². The minimum atomic E-state index is -4.87. The number of hydrogen-bond acceptors (Lipinski definition) is 1. The van der Waals surface area contributed by atoms with Crippen molar-refractivity contribution in [2.24, 2.45) is 5.41 Å². The number of halogens is 5. The van der Waals surface area contributed by atoms with Crippen LogP contribution in [0.5, 0.6) is 0 Å². The van der Waals surface area contributed by atoms with Crippen LogP contribution in [0.3, 0.4) is 0 Å². The van der Waals surface area contributed by atoms with Gasteiger partial charge < -0.3 is 5.11 Å². The second-order valence-corrected chi connectivity index (χ2v) is 4.39. The van der Waals surface area contributed by atoms with Gasteiger partial charge in [-0.15, -0.1) is 0 Å². The molecule has 84 valence electrons. The minimum absolute atomic E-state index is 0.520. The Hall–Kier alpha value is -0.390. The highest BCUT2D eigenvalue weighted by molar-refractivity contribution is 5.10. The van der Waals surface area contributed by atoms with Crippen LogP contribution in [-0.2, 0) is 0 Å². The first-order valence-electron chi connectivity index (χ1n) is 4.08. The summed E-state index contributed by atoms with van der Waals surface area (Å²) in [5, 5.41) is 9.00. The van der Waals surface area contributed by atoms with Crippen LogP contribution in [0.15, 0.2) is 0 Å². The van der Waals surface area contributed by atoms with Crippen LogP contribution in [0.4, 0.5) is 22.0 Å². The van der Waals surface area contributed by atoms with Crippen molar-refractivity contribution in [1.82, 2.24) is 0 Å². The van der Waals surface area contributed by atoms with Gasteiger partial charge in [0.15, 0.2) is 5.60 Å². The van der Waals surface area contributed by atoms with Crippen LogP contribution in [0, 0.1) is 5.41 Å². The number of aliphatic hydroxyl groups is 1. The van der Waals surface area contributed by atoms with Crippen LogP contribution < -0.4 is 0 Å². The molecule has 0 spiro atoms. The number of alkyl halides is 5. The fourth-order valence-corrected chi connectivity index (χ4v) is 1.50. The van der Waals surface area contributed by atoms with Crippen LogP contribution in [0.2, 0.25) is 0 Å². The third-order valence-electron chi connectivity index (χ3n) is 2.72. The molecule has 0 aliphatic heterocycles. The van der Waals surface area contributed by atoms with Crippen molar-refractivity contribution in [2.75, 3.05) is 0 Å². The third-order valence-corrected chi connectivity index (χ3v) is 2.72. The van der Waals surface area contributed by atoms with Gasteiger partial charge >= 0.3 is 6.18 Å². The van der Waals surface area contributed by atoms with Crippen molar-refractivity contribution < 1.29 is 27.1 Å². The Bertz CT molecular complexity index is 245. The maximum Gasteiger partial charge on any atom is 0.416 e. The molecule has 6 heteroatoms. The number of hydrogen-bond donors (Lipinski definition) is 1. The summed E-state index contributed by atoms with van der Waals surface area (Å²) in [6.45, 7) is 1.57. The van der Waals surface area contributed by atoms with Gasteiger partial charge in [-0.1, -0.05) is 6.92 Å². The molecule has 0 saturated heterocycles. The Kier molecular flexibility index (Phi) is 2.16. The summed E-state index contributed by atoms with van der Waals surface area (Å²) in [6.07, 6.45) is -6.42. The van der Waals surface area contributed by atoms with E-state index in [9.17, 15) is 22.0 Å². The minimum Gasteiger partial charge on any atom is -0.381 e. The second kappa shape index (κ2) is 2.59. The normalized spacial score (nSPS) is 35.1. The summed E-state index contributed by atoms with van der Waals surface area (Å²) in [5.41, 5.74) is -4.76. The Morgan fingerprint density at radius 1 is 1.29 bits per heavy atom. The van der Waals surface area contributed by atoms with Crippen LogP contribution in [0.1, 0.15) is 26.7 Å². The lowest BCUT2D eigenvalue weighted by Crippen LogP contribution is -2.44. The molecule has 1 aliphatic rings. The van der Waals surface area contributed by atoms with E-state index in [1.54, 1.807) is 0 Å². The first-order chi connectivity index (χ1) is 5.91. The van der Waals surface area contributed by atoms with Gasteiger partial charge in [-0.2, -0.15) is 13.2 Å². The largest absolute Gasteiger partial charge is 0.416 e. The maximum absolute atomic E-state index is 12.6. The summed E-state index contributed by atoms with van der Waals surface area (Å²) in [4.78, 5) is 0. The highest BCUT2D eigenvalue weighted by Gasteiger charge is 2.71. The molecule has 1 aliphatic carbocycles. The third kappa shape index (κ3) is 1.71. The van der Waals surface area contributed by atoms with Crippen LogP contribution in [-0.4, -0.2) is 22.8 Å². The lowest BCUT2D eigenvalue weighted by Gasteiger charge is -2.29. The molecule has 1 fully saturated rings. The number of rotatable bonds is 2. The first-order valence-corrected chi connectivity index (χ1v) is 4.08. The average Bonchev–Trinajstić information content (AvgIpc) is 2.24. The first kappa shape index (κ1) is 11.7. The van der Waals surface area contributed by atoms with Gasteiger partial charge in [0.2, 0.25) is 0 Å². The summed E-state index contributed by atoms with van der Waals surface area (Å²) < 4.78 is 61.7. The Labute approximate surface area is 77.9 Å². The summed E-state index contributed by atoms with van der Waals surface area (Å²) in [6, 6.07) is 0. The molecule has 2 atom stereocenters. The van der Waals surface area contributed by atoms with Gasteiger partial charge in [0.1, 0.15) is 0 Å². The van der Waals surface area contributed by atoms with Crippen molar-refractivity contribution in [3.05, 3.63) is 0 Å². The standard InChI is InChI=1S/C8H11F5O/c1-5(4-7(5,9)10)3-6(2,14)8(11,12)13/h14H,3-4H2,1-2H3. The van der Waals surface area contributed by atoms with Crippen LogP contribution in [0.25, 0.3) is 0 Å².